The number of hydrogen-bond donors (Lipinski definition) is 0. The van der Waals surface area contributed by atoms with Crippen molar-refractivity contribution < 1.29 is 13.9 Å². The highest BCUT2D eigenvalue weighted by molar-refractivity contribution is 5.87. The summed E-state index contributed by atoms with van der Waals surface area (Å²) >= 11 is 0. The van der Waals surface area contributed by atoms with E-state index in [-0.39, 0.29) is 11.7 Å². The SMILES string of the molecule is Cc1c(-c2ccccc2)oc2c(C=CCCC3OCCCO3)cccc2c1=O. The molecular formula is C24H24O4. The van der Waals surface area contributed by atoms with Crippen LogP contribution in [0, 0.1) is 6.92 Å². The van der Waals surface area contributed by atoms with Crippen molar-refractivity contribution in [2.75, 3.05) is 13.2 Å². The molecule has 2 heterocycles. The predicted molar refractivity (Wildman–Crippen MR) is 111 cm³/mol. The number of benzene rings is 2. The maximum Gasteiger partial charge on any atom is 0.196 e. The first kappa shape index (κ1) is 18.7. The van der Waals surface area contributed by atoms with E-state index in [1.165, 1.54) is 0 Å². The van der Waals surface area contributed by atoms with Crippen LogP contribution in [0.3, 0.4) is 0 Å². The standard InChI is InChI=1S/C24H24O4/c1-17-22(25)20-13-7-12-19(11-5-6-14-21-26-15-8-16-27-21)24(20)28-23(17)18-9-3-2-4-10-18/h2-5,7,9-13,21H,6,8,14-16H2,1H3. The Morgan fingerprint density at radius 3 is 2.61 bits per heavy atom. The third kappa shape index (κ3) is 3.93. The maximum absolute atomic E-state index is 12.9. The zero-order valence-electron chi connectivity index (χ0n) is 16.0. The minimum absolute atomic E-state index is 0.0133. The molecule has 0 aliphatic carbocycles. The van der Waals surface area contributed by atoms with Crippen molar-refractivity contribution in [1.29, 1.82) is 0 Å². The van der Waals surface area contributed by atoms with Gasteiger partial charge in [0, 0.05) is 23.1 Å². The van der Waals surface area contributed by atoms with Crippen LogP contribution in [0.5, 0.6) is 0 Å². The van der Waals surface area contributed by atoms with Gasteiger partial charge in [-0.25, -0.2) is 0 Å². The van der Waals surface area contributed by atoms with Crippen molar-refractivity contribution in [2.24, 2.45) is 0 Å². The quantitative estimate of drug-likeness (QED) is 0.604. The van der Waals surface area contributed by atoms with Gasteiger partial charge in [0.25, 0.3) is 0 Å². The van der Waals surface area contributed by atoms with Gasteiger partial charge in [0.1, 0.15) is 11.3 Å². The zero-order valence-corrected chi connectivity index (χ0v) is 16.0. The van der Waals surface area contributed by atoms with Crippen LogP contribution < -0.4 is 5.43 Å². The number of fused-ring (bicyclic) bond motifs is 1. The zero-order chi connectivity index (χ0) is 19.3. The van der Waals surface area contributed by atoms with Crippen LogP contribution in [0.25, 0.3) is 28.4 Å². The Morgan fingerprint density at radius 1 is 1.04 bits per heavy atom. The van der Waals surface area contributed by atoms with Gasteiger partial charge in [0.15, 0.2) is 11.7 Å². The summed E-state index contributed by atoms with van der Waals surface area (Å²) in [7, 11) is 0. The summed E-state index contributed by atoms with van der Waals surface area (Å²) in [5.41, 5.74) is 3.07. The van der Waals surface area contributed by atoms with Crippen LogP contribution in [0.2, 0.25) is 0 Å². The Morgan fingerprint density at radius 2 is 1.82 bits per heavy atom. The molecule has 3 aromatic rings. The summed E-state index contributed by atoms with van der Waals surface area (Å²) in [5.74, 6) is 0.628. The molecule has 0 spiro atoms. The average molecular weight is 376 g/mol. The second kappa shape index (κ2) is 8.55. The van der Waals surface area contributed by atoms with Gasteiger partial charge in [0.2, 0.25) is 0 Å². The Labute approximate surface area is 164 Å². The third-order valence-corrected chi connectivity index (χ3v) is 4.97. The van der Waals surface area contributed by atoms with Crippen molar-refractivity contribution in [3.05, 3.63) is 76.0 Å². The lowest BCUT2D eigenvalue weighted by molar-refractivity contribution is -0.180. The van der Waals surface area contributed by atoms with Gasteiger partial charge in [-0.1, -0.05) is 54.6 Å². The van der Waals surface area contributed by atoms with E-state index >= 15 is 0 Å². The molecule has 1 aliphatic rings. The molecule has 0 radical (unpaired) electrons. The number of rotatable bonds is 5. The summed E-state index contributed by atoms with van der Waals surface area (Å²) in [6.45, 7) is 3.36. The minimum Gasteiger partial charge on any atom is -0.455 e. The first-order valence-electron chi connectivity index (χ1n) is 9.75. The van der Waals surface area contributed by atoms with E-state index in [4.69, 9.17) is 13.9 Å². The first-order chi connectivity index (χ1) is 13.7. The molecule has 0 bridgehead atoms. The van der Waals surface area contributed by atoms with Crippen LogP contribution in [-0.2, 0) is 9.47 Å². The molecule has 0 atom stereocenters. The molecule has 2 aromatic carbocycles. The van der Waals surface area contributed by atoms with E-state index in [1.54, 1.807) is 0 Å². The van der Waals surface area contributed by atoms with Gasteiger partial charge < -0.3 is 13.9 Å². The Bertz CT molecular complexity index is 1030. The lowest BCUT2D eigenvalue weighted by Gasteiger charge is -2.22. The molecule has 28 heavy (non-hydrogen) atoms. The van der Waals surface area contributed by atoms with E-state index in [0.29, 0.717) is 22.3 Å². The van der Waals surface area contributed by atoms with Crippen LogP contribution in [0.15, 0.2) is 63.8 Å². The van der Waals surface area contributed by atoms with Gasteiger partial charge in [-0.15, -0.1) is 0 Å². The maximum atomic E-state index is 12.9. The molecule has 1 fully saturated rings. The van der Waals surface area contributed by atoms with Crippen LogP contribution in [0.1, 0.15) is 30.4 Å². The molecule has 144 valence electrons. The molecule has 1 aliphatic heterocycles. The summed E-state index contributed by atoms with van der Waals surface area (Å²) < 4.78 is 17.4. The van der Waals surface area contributed by atoms with Crippen LogP contribution >= 0.6 is 0 Å². The molecule has 4 nitrogen and oxygen atoms in total. The predicted octanol–water partition coefficient (Wildman–Crippen LogP) is 5.32. The summed E-state index contributed by atoms with van der Waals surface area (Å²) in [4.78, 5) is 12.9. The smallest absolute Gasteiger partial charge is 0.196 e. The highest BCUT2D eigenvalue weighted by Gasteiger charge is 2.15. The van der Waals surface area contributed by atoms with Crippen LogP contribution in [0.4, 0.5) is 0 Å². The molecule has 0 amide bonds. The fourth-order valence-corrected chi connectivity index (χ4v) is 3.47. The molecule has 1 aromatic heterocycles. The summed E-state index contributed by atoms with van der Waals surface area (Å²) in [5, 5.41) is 0.610. The number of allylic oxidation sites excluding steroid dienone is 1. The Kier molecular flexibility index (Phi) is 5.70. The van der Waals surface area contributed by atoms with Crippen molar-refractivity contribution in [1.82, 2.24) is 0 Å². The highest BCUT2D eigenvalue weighted by atomic mass is 16.7. The molecular weight excluding hydrogens is 352 g/mol. The topological polar surface area (TPSA) is 48.7 Å². The fourth-order valence-electron chi connectivity index (χ4n) is 3.47. The summed E-state index contributed by atoms with van der Waals surface area (Å²) in [6.07, 6.45) is 6.60. The van der Waals surface area contributed by atoms with Gasteiger partial charge in [0.05, 0.1) is 18.6 Å². The van der Waals surface area contributed by atoms with E-state index in [1.807, 2.05) is 61.5 Å². The van der Waals surface area contributed by atoms with E-state index in [9.17, 15) is 4.79 Å². The number of ether oxygens (including phenoxy) is 2. The van der Waals surface area contributed by atoms with E-state index < -0.39 is 0 Å². The molecule has 4 heteroatoms. The normalized spacial score (nSPS) is 15.5. The second-order valence-corrected chi connectivity index (χ2v) is 6.98. The van der Waals surface area contributed by atoms with Crippen molar-refractivity contribution in [2.45, 2.75) is 32.5 Å². The van der Waals surface area contributed by atoms with Crippen LogP contribution in [-0.4, -0.2) is 19.5 Å². The minimum atomic E-state index is -0.115. The fraction of sp³-hybridized carbons (Fsp3) is 0.292. The molecule has 1 saturated heterocycles. The van der Waals surface area contributed by atoms with E-state index in [0.717, 1.165) is 43.6 Å². The molecule has 4 rings (SSSR count). The number of para-hydroxylation sites is 1. The van der Waals surface area contributed by atoms with Crippen molar-refractivity contribution >= 4 is 17.0 Å². The van der Waals surface area contributed by atoms with Crippen molar-refractivity contribution in [3.8, 4) is 11.3 Å². The molecule has 0 saturated carbocycles. The van der Waals surface area contributed by atoms with Gasteiger partial charge in [-0.2, -0.15) is 0 Å². The van der Waals surface area contributed by atoms with Crippen molar-refractivity contribution in [3.63, 3.8) is 0 Å². The largest absolute Gasteiger partial charge is 0.455 e. The van der Waals surface area contributed by atoms with Gasteiger partial charge >= 0.3 is 0 Å². The summed E-state index contributed by atoms with van der Waals surface area (Å²) in [6, 6.07) is 15.4. The van der Waals surface area contributed by atoms with E-state index in [2.05, 4.69) is 6.08 Å². The molecule has 0 unspecified atom stereocenters. The van der Waals surface area contributed by atoms with Gasteiger partial charge in [-0.3, -0.25) is 4.79 Å². The first-order valence-corrected chi connectivity index (χ1v) is 9.75. The third-order valence-electron chi connectivity index (χ3n) is 4.97. The monoisotopic (exact) mass is 376 g/mol. The molecule has 0 N–H and O–H groups in total. The van der Waals surface area contributed by atoms with Gasteiger partial charge in [-0.05, 0) is 25.8 Å². The Hall–Kier alpha value is -2.69. The number of hydrogen-bond acceptors (Lipinski definition) is 4. The average Bonchev–Trinajstić information content (AvgIpc) is 2.75. The second-order valence-electron chi connectivity index (χ2n) is 6.98. The lowest BCUT2D eigenvalue weighted by atomic mass is 10.0. The lowest BCUT2D eigenvalue weighted by Crippen LogP contribution is -2.24. The highest BCUT2D eigenvalue weighted by Crippen LogP contribution is 2.27. The Balaban J connectivity index is 1.64.